The van der Waals surface area contributed by atoms with Crippen LogP contribution in [-0.2, 0) is 4.79 Å². The Kier molecular flexibility index (Phi) is 3.48. The van der Waals surface area contributed by atoms with Gasteiger partial charge in [0, 0.05) is 12.5 Å². The summed E-state index contributed by atoms with van der Waals surface area (Å²) < 4.78 is 0. The van der Waals surface area contributed by atoms with Crippen molar-refractivity contribution in [2.75, 3.05) is 18.1 Å². The second kappa shape index (κ2) is 4.41. The lowest BCUT2D eigenvalue weighted by atomic mass is 9.96. The van der Waals surface area contributed by atoms with Gasteiger partial charge in [0.25, 0.3) is 0 Å². The zero-order valence-electron chi connectivity index (χ0n) is 11.9. The summed E-state index contributed by atoms with van der Waals surface area (Å²) >= 11 is 1.88. The molecule has 0 aromatic heterocycles. The van der Waals surface area contributed by atoms with Crippen molar-refractivity contribution in [3.63, 3.8) is 0 Å². The number of carbonyl (C=O) groups is 1. The maximum absolute atomic E-state index is 12.2. The Morgan fingerprint density at radius 3 is 2.17 bits per heavy atom. The lowest BCUT2D eigenvalue weighted by Crippen LogP contribution is -2.46. The molecule has 0 aromatic rings. The summed E-state index contributed by atoms with van der Waals surface area (Å²) in [5.74, 6) is 2.17. The molecule has 0 spiro atoms. The fourth-order valence-electron chi connectivity index (χ4n) is 3.13. The molecular weight excluding hydrogens is 246 g/mol. The van der Waals surface area contributed by atoms with Crippen LogP contribution >= 0.6 is 11.8 Å². The van der Waals surface area contributed by atoms with Crippen LogP contribution < -0.4 is 5.32 Å². The van der Waals surface area contributed by atoms with E-state index >= 15 is 0 Å². The van der Waals surface area contributed by atoms with Gasteiger partial charge in [-0.1, -0.05) is 27.7 Å². The first-order valence-electron chi connectivity index (χ1n) is 6.79. The van der Waals surface area contributed by atoms with E-state index in [1.165, 1.54) is 0 Å². The average molecular weight is 271 g/mol. The Labute approximate surface area is 114 Å². The molecule has 1 saturated carbocycles. The largest absolute Gasteiger partial charge is 0.388 e. The molecule has 18 heavy (non-hydrogen) atoms. The SMILES string of the molecule is CC1(C)C(C(=O)NCC2(O)CCSCC2)C1(C)C. The average Bonchev–Trinajstić information content (AvgIpc) is 2.68. The number of nitrogens with one attached hydrogen (secondary N) is 1. The van der Waals surface area contributed by atoms with Crippen molar-refractivity contribution in [3.8, 4) is 0 Å². The highest BCUT2D eigenvalue weighted by Gasteiger charge is 2.68. The molecule has 1 heterocycles. The molecular formula is C14H25NO2S. The zero-order chi connectivity index (χ0) is 13.6. The van der Waals surface area contributed by atoms with E-state index in [-0.39, 0.29) is 22.7 Å². The van der Waals surface area contributed by atoms with Crippen molar-refractivity contribution in [1.29, 1.82) is 0 Å². The van der Waals surface area contributed by atoms with Gasteiger partial charge in [-0.05, 0) is 35.2 Å². The van der Waals surface area contributed by atoms with E-state index < -0.39 is 5.60 Å². The van der Waals surface area contributed by atoms with E-state index in [1.54, 1.807) is 0 Å². The van der Waals surface area contributed by atoms with Crippen LogP contribution in [0.15, 0.2) is 0 Å². The minimum Gasteiger partial charge on any atom is -0.388 e. The standard InChI is InChI=1S/C14H25NO2S/c1-12(2)10(13(12,3)4)11(16)15-9-14(17)5-7-18-8-6-14/h10,17H,5-9H2,1-4H3,(H,15,16). The van der Waals surface area contributed by atoms with Gasteiger partial charge < -0.3 is 10.4 Å². The predicted molar refractivity (Wildman–Crippen MR) is 75.6 cm³/mol. The maximum Gasteiger partial charge on any atom is 0.224 e. The van der Waals surface area contributed by atoms with Crippen molar-refractivity contribution in [3.05, 3.63) is 0 Å². The molecule has 1 aliphatic carbocycles. The third kappa shape index (κ3) is 2.29. The van der Waals surface area contributed by atoms with Crippen LogP contribution in [0.4, 0.5) is 0 Å². The highest BCUT2D eigenvalue weighted by atomic mass is 32.2. The normalized spacial score (nSPS) is 28.7. The first-order chi connectivity index (χ1) is 8.21. The van der Waals surface area contributed by atoms with Crippen molar-refractivity contribution in [2.45, 2.75) is 46.1 Å². The molecule has 2 fully saturated rings. The number of amides is 1. The summed E-state index contributed by atoms with van der Waals surface area (Å²) in [6.07, 6.45) is 1.57. The van der Waals surface area contributed by atoms with Crippen LogP contribution in [0.3, 0.4) is 0 Å². The molecule has 4 heteroatoms. The third-order valence-electron chi connectivity index (χ3n) is 5.30. The maximum atomic E-state index is 12.2. The van der Waals surface area contributed by atoms with Crippen molar-refractivity contribution in [2.24, 2.45) is 16.7 Å². The van der Waals surface area contributed by atoms with Crippen LogP contribution in [-0.4, -0.2) is 34.7 Å². The molecule has 1 amide bonds. The summed E-state index contributed by atoms with van der Waals surface area (Å²) in [5.41, 5.74) is -0.533. The molecule has 2 rings (SSSR count). The highest BCUT2D eigenvalue weighted by molar-refractivity contribution is 7.99. The van der Waals surface area contributed by atoms with Gasteiger partial charge in [0.1, 0.15) is 0 Å². The Balaban J connectivity index is 1.86. The minimum atomic E-state index is -0.677. The van der Waals surface area contributed by atoms with Crippen molar-refractivity contribution < 1.29 is 9.90 Å². The van der Waals surface area contributed by atoms with E-state index in [0.717, 1.165) is 24.3 Å². The van der Waals surface area contributed by atoms with Crippen molar-refractivity contribution in [1.82, 2.24) is 5.32 Å². The van der Waals surface area contributed by atoms with Crippen LogP contribution in [0.2, 0.25) is 0 Å². The molecule has 104 valence electrons. The molecule has 0 radical (unpaired) electrons. The smallest absolute Gasteiger partial charge is 0.224 e. The Morgan fingerprint density at radius 2 is 1.72 bits per heavy atom. The number of carbonyl (C=O) groups excluding carboxylic acids is 1. The fourth-order valence-corrected chi connectivity index (χ4v) is 4.39. The number of hydrogen-bond donors (Lipinski definition) is 2. The zero-order valence-corrected chi connectivity index (χ0v) is 12.7. The van der Waals surface area contributed by atoms with Gasteiger partial charge in [0.15, 0.2) is 0 Å². The third-order valence-corrected chi connectivity index (χ3v) is 6.28. The van der Waals surface area contributed by atoms with Gasteiger partial charge in [0.05, 0.1) is 5.60 Å². The fraction of sp³-hybridized carbons (Fsp3) is 0.929. The number of rotatable bonds is 3. The topological polar surface area (TPSA) is 49.3 Å². The molecule has 1 aliphatic heterocycles. The van der Waals surface area contributed by atoms with Crippen LogP contribution in [0, 0.1) is 16.7 Å². The molecule has 0 bridgehead atoms. The van der Waals surface area contributed by atoms with Crippen LogP contribution in [0.5, 0.6) is 0 Å². The lowest BCUT2D eigenvalue weighted by Gasteiger charge is -2.31. The van der Waals surface area contributed by atoms with E-state index in [1.807, 2.05) is 11.8 Å². The quantitative estimate of drug-likeness (QED) is 0.826. The lowest BCUT2D eigenvalue weighted by molar-refractivity contribution is -0.124. The van der Waals surface area contributed by atoms with Gasteiger partial charge in [-0.15, -0.1) is 0 Å². The Hall–Kier alpha value is -0.220. The molecule has 0 atom stereocenters. The first-order valence-corrected chi connectivity index (χ1v) is 7.94. The second-order valence-electron chi connectivity index (χ2n) is 6.93. The molecule has 2 aliphatic rings. The summed E-state index contributed by atoms with van der Waals surface area (Å²) in [5, 5.41) is 13.3. The molecule has 3 nitrogen and oxygen atoms in total. The van der Waals surface area contributed by atoms with Gasteiger partial charge in [-0.25, -0.2) is 0 Å². The number of hydrogen-bond acceptors (Lipinski definition) is 3. The Bertz CT molecular complexity index is 332. The Morgan fingerprint density at radius 1 is 1.22 bits per heavy atom. The van der Waals surface area contributed by atoms with E-state index in [0.29, 0.717) is 6.54 Å². The van der Waals surface area contributed by atoms with E-state index in [9.17, 15) is 9.90 Å². The van der Waals surface area contributed by atoms with Gasteiger partial charge in [0.2, 0.25) is 5.91 Å². The summed E-state index contributed by atoms with van der Waals surface area (Å²) in [6.45, 7) is 8.98. The van der Waals surface area contributed by atoms with E-state index in [4.69, 9.17) is 0 Å². The van der Waals surface area contributed by atoms with Crippen LogP contribution in [0.1, 0.15) is 40.5 Å². The van der Waals surface area contributed by atoms with E-state index in [2.05, 4.69) is 33.0 Å². The molecule has 2 N–H and O–H groups in total. The second-order valence-corrected chi connectivity index (χ2v) is 8.16. The summed E-state index contributed by atoms with van der Waals surface area (Å²) in [6, 6.07) is 0. The summed E-state index contributed by atoms with van der Waals surface area (Å²) in [7, 11) is 0. The first kappa shape index (κ1) is 14.2. The predicted octanol–water partition coefficient (Wildman–Crippen LogP) is 2.04. The van der Waals surface area contributed by atoms with Gasteiger partial charge in [-0.2, -0.15) is 11.8 Å². The molecule has 0 aromatic carbocycles. The number of aliphatic hydroxyl groups is 1. The molecule has 1 saturated heterocycles. The minimum absolute atomic E-state index is 0.0715. The molecule has 0 unspecified atom stereocenters. The summed E-state index contributed by atoms with van der Waals surface area (Å²) in [4.78, 5) is 12.2. The highest BCUT2D eigenvalue weighted by Crippen LogP contribution is 2.68. The van der Waals surface area contributed by atoms with Gasteiger partial charge in [-0.3, -0.25) is 4.79 Å². The van der Waals surface area contributed by atoms with Gasteiger partial charge >= 0.3 is 0 Å². The number of thioether (sulfide) groups is 1. The van der Waals surface area contributed by atoms with Crippen LogP contribution in [0.25, 0.3) is 0 Å². The monoisotopic (exact) mass is 271 g/mol. The van der Waals surface area contributed by atoms with Crippen molar-refractivity contribution >= 4 is 17.7 Å².